The SMILES string of the molecule is NCC12CCC(C(=O)O)(CC1)C2. The number of fused-ring (bicyclic) bond motifs is 2. The van der Waals surface area contributed by atoms with Gasteiger partial charge in [0.05, 0.1) is 5.41 Å². The molecule has 3 heteroatoms. The van der Waals surface area contributed by atoms with Crippen molar-refractivity contribution in [2.45, 2.75) is 32.1 Å². The monoisotopic (exact) mass is 169 g/mol. The number of carboxylic acids is 1. The summed E-state index contributed by atoms with van der Waals surface area (Å²) in [5.41, 5.74) is 5.48. The van der Waals surface area contributed by atoms with Gasteiger partial charge in [0.25, 0.3) is 0 Å². The summed E-state index contributed by atoms with van der Waals surface area (Å²) < 4.78 is 0. The summed E-state index contributed by atoms with van der Waals surface area (Å²) in [6.45, 7) is 0.669. The van der Waals surface area contributed by atoms with Crippen molar-refractivity contribution < 1.29 is 9.90 Å². The lowest BCUT2D eigenvalue weighted by molar-refractivity contribution is -0.148. The molecule has 2 fully saturated rings. The molecule has 0 aromatic heterocycles. The van der Waals surface area contributed by atoms with Gasteiger partial charge in [-0.25, -0.2) is 0 Å². The molecule has 3 N–H and O–H groups in total. The molecule has 2 aliphatic rings. The van der Waals surface area contributed by atoms with Crippen LogP contribution in [0.15, 0.2) is 0 Å². The molecule has 2 aliphatic carbocycles. The molecule has 0 aliphatic heterocycles. The molecule has 0 heterocycles. The highest BCUT2D eigenvalue weighted by Gasteiger charge is 2.57. The predicted molar refractivity (Wildman–Crippen MR) is 44.6 cm³/mol. The number of nitrogens with two attached hydrogens (primary N) is 1. The van der Waals surface area contributed by atoms with Gasteiger partial charge in [0.1, 0.15) is 0 Å². The summed E-state index contributed by atoms with van der Waals surface area (Å²) in [5.74, 6) is -0.602. The van der Waals surface area contributed by atoms with Crippen LogP contribution in [-0.2, 0) is 4.79 Å². The molecule has 0 saturated heterocycles. The van der Waals surface area contributed by atoms with E-state index in [-0.39, 0.29) is 10.8 Å². The first-order valence-electron chi connectivity index (χ1n) is 4.56. The third-order valence-corrected chi connectivity index (χ3v) is 3.87. The fourth-order valence-corrected chi connectivity index (χ4v) is 2.90. The van der Waals surface area contributed by atoms with Crippen LogP contribution in [0, 0.1) is 10.8 Å². The van der Waals surface area contributed by atoms with Crippen LogP contribution in [0.3, 0.4) is 0 Å². The van der Waals surface area contributed by atoms with Gasteiger partial charge in [-0.05, 0) is 44.1 Å². The van der Waals surface area contributed by atoms with E-state index in [9.17, 15) is 4.79 Å². The van der Waals surface area contributed by atoms with Gasteiger partial charge in [0.15, 0.2) is 0 Å². The van der Waals surface area contributed by atoms with E-state index in [1.807, 2.05) is 0 Å². The normalized spacial score (nSPS) is 45.1. The van der Waals surface area contributed by atoms with Crippen molar-refractivity contribution in [2.75, 3.05) is 6.54 Å². The quantitative estimate of drug-likeness (QED) is 0.647. The van der Waals surface area contributed by atoms with E-state index in [0.29, 0.717) is 6.54 Å². The van der Waals surface area contributed by atoms with Crippen LogP contribution in [0.4, 0.5) is 0 Å². The van der Waals surface area contributed by atoms with Crippen LogP contribution in [0.2, 0.25) is 0 Å². The summed E-state index contributed by atoms with van der Waals surface area (Å²) in [4.78, 5) is 11.0. The molecule has 0 radical (unpaired) electrons. The smallest absolute Gasteiger partial charge is 0.309 e. The average Bonchev–Trinajstić information content (AvgIpc) is 2.61. The number of hydrogen-bond donors (Lipinski definition) is 2. The number of rotatable bonds is 2. The van der Waals surface area contributed by atoms with Crippen LogP contribution in [0.1, 0.15) is 32.1 Å². The summed E-state index contributed by atoms with van der Waals surface area (Å²) in [6, 6.07) is 0. The topological polar surface area (TPSA) is 63.3 Å². The minimum Gasteiger partial charge on any atom is -0.481 e. The first-order valence-corrected chi connectivity index (χ1v) is 4.56. The van der Waals surface area contributed by atoms with Gasteiger partial charge in [-0.15, -0.1) is 0 Å². The van der Waals surface area contributed by atoms with Crippen LogP contribution >= 0.6 is 0 Å². The van der Waals surface area contributed by atoms with Crippen molar-refractivity contribution >= 4 is 5.97 Å². The Balaban J connectivity index is 2.23. The van der Waals surface area contributed by atoms with Gasteiger partial charge < -0.3 is 10.8 Å². The van der Waals surface area contributed by atoms with Crippen molar-refractivity contribution in [3.8, 4) is 0 Å². The van der Waals surface area contributed by atoms with Gasteiger partial charge in [0.2, 0.25) is 0 Å². The van der Waals surface area contributed by atoms with Gasteiger partial charge >= 0.3 is 5.97 Å². The molecule has 68 valence electrons. The minimum absolute atomic E-state index is 0.193. The number of aliphatic carboxylic acids is 1. The first-order chi connectivity index (χ1) is 5.63. The zero-order valence-corrected chi connectivity index (χ0v) is 7.18. The van der Waals surface area contributed by atoms with Crippen LogP contribution in [0.25, 0.3) is 0 Å². The Morgan fingerprint density at radius 1 is 1.33 bits per heavy atom. The molecule has 0 atom stereocenters. The van der Waals surface area contributed by atoms with E-state index in [1.54, 1.807) is 0 Å². The average molecular weight is 169 g/mol. The van der Waals surface area contributed by atoms with Gasteiger partial charge in [0, 0.05) is 0 Å². The molecule has 0 amide bonds. The second kappa shape index (κ2) is 2.22. The Labute approximate surface area is 71.9 Å². The molecule has 2 saturated carbocycles. The van der Waals surface area contributed by atoms with Crippen molar-refractivity contribution in [3.63, 3.8) is 0 Å². The van der Waals surface area contributed by atoms with Crippen LogP contribution in [0.5, 0.6) is 0 Å². The van der Waals surface area contributed by atoms with Gasteiger partial charge in [-0.3, -0.25) is 4.79 Å². The highest BCUT2D eigenvalue weighted by Crippen LogP contribution is 2.61. The Morgan fingerprint density at radius 3 is 2.17 bits per heavy atom. The molecule has 2 bridgehead atoms. The number of carboxylic acid groups (broad SMARTS) is 1. The lowest BCUT2D eigenvalue weighted by atomic mass is 9.82. The third kappa shape index (κ3) is 0.829. The van der Waals surface area contributed by atoms with Gasteiger partial charge in [-0.2, -0.15) is 0 Å². The van der Waals surface area contributed by atoms with Crippen LogP contribution in [-0.4, -0.2) is 17.6 Å². The molecule has 2 rings (SSSR count). The molecular formula is C9H15NO2. The highest BCUT2D eigenvalue weighted by molar-refractivity contribution is 5.75. The van der Waals surface area contributed by atoms with E-state index >= 15 is 0 Å². The van der Waals surface area contributed by atoms with E-state index < -0.39 is 5.97 Å². The molecule has 0 aromatic rings. The maximum atomic E-state index is 11.0. The van der Waals surface area contributed by atoms with Crippen LogP contribution < -0.4 is 5.73 Å². The van der Waals surface area contributed by atoms with E-state index in [2.05, 4.69) is 0 Å². The minimum atomic E-state index is -0.602. The predicted octanol–water partition coefficient (Wildman–Crippen LogP) is 0.980. The Kier molecular flexibility index (Phi) is 1.49. The summed E-state index contributed by atoms with van der Waals surface area (Å²) >= 11 is 0. The maximum absolute atomic E-state index is 11.0. The Hall–Kier alpha value is -0.570. The summed E-state index contributed by atoms with van der Waals surface area (Å²) in [5, 5.41) is 9.06. The lowest BCUT2D eigenvalue weighted by Crippen LogP contribution is -2.25. The Bertz CT molecular complexity index is 217. The van der Waals surface area contributed by atoms with Crippen molar-refractivity contribution in [3.05, 3.63) is 0 Å². The summed E-state index contributed by atoms with van der Waals surface area (Å²) in [6.07, 6.45) is 4.57. The van der Waals surface area contributed by atoms with Gasteiger partial charge in [-0.1, -0.05) is 0 Å². The van der Waals surface area contributed by atoms with E-state index in [4.69, 9.17) is 10.8 Å². The third-order valence-electron chi connectivity index (χ3n) is 3.87. The zero-order valence-electron chi connectivity index (χ0n) is 7.18. The zero-order chi connectivity index (χ0) is 8.82. The number of carbonyl (C=O) groups is 1. The first kappa shape index (κ1) is 8.05. The van der Waals surface area contributed by atoms with Crippen molar-refractivity contribution in [1.82, 2.24) is 0 Å². The van der Waals surface area contributed by atoms with E-state index in [0.717, 1.165) is 32.1 Å². The lowest BCUT2D eigenvalue weighted by Gasteiger charge is -2.24. The molecular weight excluding hydrogens is 154 g/mol. The van der Waals surface area contributed by atoms with Crippen molar-refractivity contribution in [1.29, 1.82) is 0 Å². The molecule has 3 nitrogen and oxygen atoms in total. The highest BCUT2D eigenvalue weighted by atomic mass is 16.4. The maximum Gasteiger partial charge on any atom is 0.309 e. The second-order valence-corrected chi connectivity index (χ2v) is 4.47. The fourth-order valence-electron chi connectivity index (χ4n) is 2.90. The van der Waals surface area contributed by atoms with E-state index in [1.165, 1.54) is 0 Å². The van der Waals surface area contributed by atoms with Crippen molar-refractivity contribution in [2.24, 2.45) is 16.6 Å². The molecule has 12 heavy (non-hydrogen) atoms. The molecule has 0 spiro atoms. The number of hydrogen-bond acceptors (Lipinski definition) is 2. The standard InChI is InChI=1S/C9H15NO2/c10-6-8-1-3-9(5-8,4-2-8)7(11)12/h1-6,10H2,(H,11,12). The molecule has 0 unspecified atom stereocenters. The summed E-state index contributed by atoms with van der Waals surface area (Å²) in [7, 11) is 0. The second-order valence-electron chi connectivity index (χ2n) is 4.47. The Morgan fingerprint density at radius 2 is 1.92 bits per heavy atom. The fraction of sp³-hybridized carbons (Fsp3) is 0.889. The largest absolute Gasteiger partial charge is 0.481 e. The molecule has 0 aromatic carbocycles.